The standard InChI is InChI=1S/C19H29N3O/c1-16-7-3-4-9-18(16)21-13-11-20(12-14-21)15-19(23)22-10-6-5-8-17(22)2/h3-4,7,9,17H,5-6,8,10-15H2,1-2H3. The largest absolute Gasteiger partial charge is 0.369 e. The van der Waals surface area contributed by atoms with Crippen LogP contribution < -0.4 is 4.90 Å². The van der Waals surface area contributed by atoms with E-state index in [-0.39, 0.29) is 0 Å². The molecule has 1 aromatic carbocycles. The fraction of sp³-hybridized carbons (Fsp3) is 0.632. The van der Waals surface area contributed by atoms with Gasteiger partial charge in [0.2, 0.25) is 5.91 Å². The molecule has 0 saturated carbocycles. The highest BCUT2D eigenvalue weighted by atomic mass is 16.2. The van der Waals surface area contributed by atoms with E-state index in [2.05, 4.69) is 52.8 Å². The van der Waals surface area contributed by atoms with Gasteiger partial charge in [-0.15, -0.1) is 0 Å². The van der Waals surface area contributed by atoms with Gasteiger partial charge in [-0.2, -0.15) is 0 Å². The van der Waals surface area contributed by atoms with E-state index in [0.717, 1.165) is 45.6 Å². The topological polar surface area (TPSA) is 26.8 Å². The van der Waals surface area contributed by atoms with E-state index in [0.29, 0.717) is 18.5 Å². The van der Waals surface area contributed by atoms with Gasteiger partial charge in [0.1, 0.15) is 0 Å². The first-order valence-corrected chi connectivity index (χ1v) is 8.97. The van der Waals surface area contributed by atoms with Crippen LogP contribution in [-0.2, 0) is 4.79 Å². The first-order valence-electron chi connectivity index (χ1n) is 8.97. The lowest BCUT2D eigenvalue weighted by atomic mass is 10.0. The molecule has 0 radical (unpaired) electrons. The lowest BCUT2D eigenvalue weighted by Crippen LogP contribution is -2.52. The van der Waals surface area contributed by atoms with Crippen molar-refractivity contribution in [2.75, 3.05) is 44.2 Å². The Labute approximate surface area is 140 Å². The van der Waals surface area contributed by atoms with E-state index in [1.807, 2.05) is 0 Å². The summed E-state index contributed by atoms with van der Waals surface area (Å²) in [5.74, 6) is 0.321. The maximum atomic E-state index is 12.6. The Balaban J connectivity index is 1.51. The van der Waals surface area contributed by atoms with Gasteiger partial charge < -0.3 is 9.80 Å². The molecule has 1 unspecified atom stereocenters. The number of para-hydroxylation sites is 1. The number of carbonyl (C=O) groups is 1. The summed E-state index contributed by atoms with van der Waals surface area (Å²) in [6.07, 6.45) is 3.59. The molecule has 23 heavy (non-hydrogen) atoms. The van der Waals surface area contributed by atoms with Crippen molar-refractivity contribution in [2.45, 2.75) is 39.2 Å². The lowest BCUT2D eigenvalue weighted by molar-refractivity contribution is -0.135. The highest BCUT2D eigenvalue weighted by Gasteiger charge is 2.26. The van der Waals surface area contributed by atoms with Crippen molar-refractivity contribution in [3.05, 3.63) is 29.8 Å². The molecular weight excluding hydrogens is 286 g/mol. The number of amides is 1. The van der Waals surface area contributed by atoms with Crippen molar-refractivity contribution in [3.63, 3.8) is 0 Å². The van der Waals surface area contributed by atoms with Crippen LogP contribution >= 0.6 is 0 Å². The van der Waals surface area contributed by atoms with Crippen LogP contribution in [-0.4, -0.2) is 61.0 Å². The highest BCUT2D eigenvalue weighted by Crippen LogP contribution is 2.21. The molecular formula is C19H29N3O. The molecule has 0 spiro atoms. The van der Waals surface area contributed by atoms with Crippen molar-refractivity contribution in [1.82, 2.24) is 9.80 Å². The average molecular weight is 315 g/mol. The van der Waals surface area contributed by atoms with Crippen LogP contribution in [0.15, 0.2) is 24.3 Å². The lowest BCUT2D eigenvalue weighted by Gasteiger charge is -2.39. The normalized spacial score (nSPS) is 23.1. The third-order valence-corrected chi connectivity index (χ3v) is 5.31. The van der Waals surface area contributed by atoms with Crippen LogP contribution in [0.4, 0.5) is 5.69 Å². The number of rotatable bonds is 3. The first kappa shape index (κ1) is 16.3. The minimum Gasteiger partial charge on any atom is -0.369 e. The number of anilines is 1. The minimum atomic E-state index is 0.321. The quantitative estimate of drug-likeness (QED) is 0.857. The number of carbonyl (C=O) groups excluding carboxylic acids is 1. The Bertz CT molecular complexity index is 537. The van der Waals surface area contributed by atoms with E-state index < -0.39 is 0 Å². The third-order valence-electron chi connectivity index (χ3n) is 5.31. The second-order valence-corrected chi connectivity index (χ2v) is 6.98. The molecule has 4 nitrogen and oxygen atoms in total. The molecule has 2 heterocycles. The van der Waals surface area contributed by atoms with Gasteiger partial charge in [-0.25, -0.2) is 0 Å². The first-order chi connectivity index (χ1) is 11.1. The molecule has 1 aromatic rings. The second kappa shape index (κ2) is 7.35. The predicted octanol–water partition coefficient (Wildman–Crippen LogP) is 2.52. The Morgan fingerprint density at radius 1 is 1.09 bits per heavy atom. The molecule has 1 atom stereocenters. The number of aryl methyl sites for hydroxylation is 1. The highest BCUT2D eigenvalue weighted by molar-refractivity contribution is 5.78. The Morgan fingerprint density at radius 2 is 1.83 bits per heavy atom. The van der Waals surface area contributed by atoms with Crippen molar-refractivity contribution >= 4 is 11.6 Å². The van der Waals surface area contributed by atoms with Crippen LogP contribution in [0.25, 0.3) is 0 Å². The summed E-state index contributed by atoms with van der Waals surface area (Å²) in [5, 5.41) is 0. The number of piperidine rings is 1. The maximum absolute atomic E-state index is 12.6. The molecule has 4 heteroatoms. The van der Waals surface area contributed by atoms with Crippen LogP contribution in [0.5, 0.6) is 0 Å². The number of nitrogens with zero attached hydrogens (tertiary/aromatic N) is 3. The van der Waals surface area contributed by atoms with Gasteiger partial charge in [-0.1, -0.05) is 18.2 Å². The minimum absolute atomic E-state index is 0.321. The summed E-state index contributed by atoms with van der Waals surface area (Å²) in [7, 11) is 0. The Hall–Kier alpha value is -1.55. The van der Waals surface area contributed by atoms with Crippen molar-refractivity contribution in [1.29, 1.82) is 0 Å². The van der Waals surface area contributed by atoms with Crippen molar-refractivity contribution < 1.29 is 4.79 Å². The van der Waals surface area contributed by atoms with E-state index in [9.17, 15) is 4.79 Å². The molecule has 0 bridgehead atoms. The predicted molar refractivity (Wildman–Crippen MR) is 94.9 cm³/mol. The number of likely N-dealkylation sites (tertiary alicyclic amines) is 1. The van der Waals surface area contributed by atoms with E-state index in [4.69, 9.17) is 0 Å². The SMILES string of the molecule is Cc1ccccc1N1CCN(CC(=O)N2CCCCC2C)CC1. The fourth-order valence-electron chi connectivity index (χ4n) is 3.82. The third kappa shape index (κ3) is 3.86. The summed E-state index contributed by atoms with van der Waals surface area (Å²) in [6, 6.07) is 8.99. The number of benzene rings is 1. The molecule has 1 amide bonds. The van der Waals surface area contributed by atoms with Crippen LogP contribution in [0, 0.1) is 6.92 Å². The van der Waals surface area contributed by atoms with Gasteiger partial charge in [0.15, 0.2) is 0 Å². The van der Waals surface area contributed by atoms with Gasteiger partial charge in [0.25, 0.3) is 0 Å². The molecule has 2 fully saturated rings. The van der Waals surface area contributed by atoms with Crippen LogP contribution in [0.2, 0.25) is 0 Å². The molecule has 126 valence electrons. The maximum Gasteiger partial charge on any atom is 0.236 e. The molecule has 0 aromatic heterocycles. The number of hydrogen-bond donors (Lipinski definition) is 0. The molecule has 0 aliphatic carbocycles. The van der Waals surface area contributed by atoms with Gasteiger partial charge >= 0.3 is 0 Å². The zero-order chi connectivity index (χ0) is 16.2. The smallest absolute Gasteiger partial charge is 0.236 e. The Morgan fingerprint density at radius 3 is 2.52 bits per heavy atom. The van der Waals surface area contributed by atoms with E-state index in [1.165, 1.54) is 17.7 Å². The zero-order valence-electron chi connectivity index (χ0n) is 14.5. The number of piperazine rings is 1. The molecule has 2 saturated heterocycles. The van der Waals surface area contributed by atoms with Gasteiger partial charge in [-0.05, 0) is 44.7 Å². The van der Waals surface area contributed by atoms with Gasteiger partial charge in [0.05, 0.1) is 6.54 Å². The van der Waals surface area contributed by atoms with E-state index in [1.54, 1.807) is 0 Å². The summed E-state index contributed by atoms with van der Waals surface area (Å²) >= 11 is 0. The summed E-state index contributed by atoms with van der Waals surface area (Å²) in [6.45, 7) is 9.86. The van der Waals surface area contributed by atoms with Crippen LogP contribution in [0.1, 0.15) is 31.7 Å². The summed E-state index contributed by atoms with van der Waals surface area (Å²) < 4.78 is 0. The van der Waals surface area contributed by atoms with E-state index >= 15 is 0 Å². The molecule has 2 aliphatic heterocycles. The average Bonchev–Trinajstić information content (AvgIpc) is 2.56. The van der Waals surface area contributed by atoms with Crippen molar-refractivity contribution in [3.8, 4) is 0 Å². The number of hydrogen-bond acceptors (Lipinski definition) is 3. The second-order valence-electron chi connectivity index (χ2n) is 6.98. The molecule has 3 rings (SSSR count). The summed E-state index contributed by atoms with van der Waals surface area (Å²) in [5.41, 5.74) is 2.67. The fourth-order valence-corrected chi connectivity index (χ4v) is 3.82. The summed E-state index contributed by atoms with van der Waals surface area (Å²) in [4.78, 5) is 19.4. The molecule has 2 aliphatic rings. The monoisotopic (exact) mass is 315 g/mol. The van der Waals surface area contributed by atoms with Crippen LogP contribution in [0.3, 0.4) is 0 Å². The van der Waals surface area contributed by atoms with Crippen molar-refractivity contribution in [2.24, 2.45) is 0 Å². The zero-order valence-corrected chi connectivity index (χ0v) is 14.5. The van der Waals surface area contributed by atoms with Gasteiger partial charge in [0, 0.05) is 44.5 Å². The van der Waals surface area contributed by atoms with Gasteiger partial charge in [-0.3, -0.25) is 9.69 Å². The Kier molecular flexibility index (Phi) is 5.21. The molecule has 0 N–H and O–H groups in total.